The van der Waals surface area contributed by atoms with Gasteiger partial charge in [0.05, 0.1) is 12.1 Å². The minimum Gasteiger partial charge on any atom is -0.343 e. The van der Waals surface area contributed by atoms with Gasteiger partial charge >= 0.3 is 0 Å². The van der Waals surface area contributed by atoms with Gasteiger partial charge in [-0.05, 0) is 56.3 Å². The maximum atomic E-state index is 12.6. The summed E-state index contributed by atoms with van der Waals surface area (Å²) in [5.74, 6) is 0.248. The number of nitrogens with zero attached hydrogens (tertiary/aromatic N) is 4. The fourth-order valence-electron chi connectivity index (χ4n) is 4.13. The third-order valence-electron chi connectivity index (χ3n) is 5.80. The number of hydrogen-bond acceptors (Lipinski definition) is 4. The number of likely N-dealkylation sites (tertiary alicyclic amines) is 1. The third kappa shape index (κ3) is 3.02. The van der Waals surface area contributed by atoms with Gasteiger partial charge in [0.15, 0.2) is 0 Å². The zero-order chi connectivity index (χ0) is 16.4. The standard InChI is InChI=1S/C18H25N5O/c24-17(5-12-23-16-4-2-1-3-15(16)20-21-23)22-13-8-18(9-14-22)6-10-19-11-7-18/h1-4,19H,5-14H2. The average molecular weight is 327 g/mol. The van der Waals surface area contributed by atoms with Gasteiger partial charge in [0.2, 0.25) is 5.91 Å². The van der Waals surface area contributed by atoms with Gasteiger partial charge in [-0.15, -0.1) is 5.10 Å². The first-order valence-electron chi connectivity index (χ1n) is 9.03. The maximum Gasteiger partial charge on any atom is 0.224 e. The lowest BCUT2D eigenvalue weighted by molar-refractivity contribution is -0.134. The number of nitrogens with one attached hydrogen (secondary N) is 1. The van der Waals surface area contributed by atoms with Gasteiger partial charge in [-0.2, -0.15) is 0 Å². The van der Waals surface area contributed by atoms with Crippen molar-refractivity contribution in [2.75, 3.05) is 26.2 Å². The molecule has 6 nitrogen and oxygen atoms in total. The van der Waals surface area contributed by atoms with E-state index in [1.807, 2.05) is 33.8 Å². The van der Waals surface area contributed by atoms with Gasteiger partial charge in [-0.1, -0.05) is 17.3 Å². The third-order valence-corrected chi connectivity index (χ3v) is 5.80. The Morgan fingerprint density at radius 3 is 2.67 bits per heavy atom. The highest BCUT2D eigenvalue weighted by Crippen LogP contribution is 2.39. The lowest BCUT2D eigenvalue weighted by Gasteiger charge is -2.44. The van der Waals surface area contributed by atoms with E-state index in [2.05, 4.69) is 15.6 Å². The van der Waals surface area contributed by atoms with E-state index in [9.17, 15) is 4.79 Å². The molecule has 0 unspecified atom stereocenters. The van der Waals surface area contributed by atoms with E-state index < -0.39 is 0 Å². The van der Waals surface area contributed by atoms with Crippen LogP contribution in [0.15, 0.2) is 24.3 Å². The molecule has 0 saturated carbocycles. The number of piperidine rings is 2. The first-order chi connectivity index (χ1) is 11.8. The summed E-state index contributed by atoms with van der Waals surface area (Å²) in [5, 5.41) is 11.8. The maximum absolute atomic E-state index is 12.6. The SMILES string of the molecule is O=C(CCn1nnc2ccccc21)N1CCC2(CCNCC2)CC1. The van der Waals surface area contributed by atoms with E-state index in [1.54, 1.807) is 0 Å². The fraction of sp³-hybridized carbons (Fsp3) is 0.611. The van der Waals surface area contributed by atoms with Crippen LogP contribution in [-0.4, -0.2) is 52.0 Å². The van der Waals surface area contributed by atoms with Crippen LogP contribution in [0.3, 0.4) is 0 Å². The van der Waals surface area contributed by atoms with E-state index in [4.69, 9.17) is 0 Å². The van der Waals surface area contributed by atoms with Crippen LogP contribution in [0.4, 0.5) is 0 Å². The second kappa shape index (κ2) is 6.51. The first-order valence-corrected chi connectivity index (χ1v) is 9.03. The Labute approximate surface area is 142 Å². The summed E-state index contributed by atoms with van der Waals surface area (Å²) in [4.78, 5) is 14.6. The largest absolute Gasteiger partial charge is 0.343 e. The predicted octanol–water partition coefficient (Wildman–Crippen LogP) is 1.81. The molecule has 2 aliphatic heterocycles. The van der Waals surface area contributed by atoms with Crippen LogP contribution in [0, 0.1) is 5.41 Å². The van der Waals surface area contributed by atoms with Crippen molar-refractivity contribution in [3.05, 3.63) is 24.3 Å². The number of rotatable bonds is 3. The summed E-state index contributed by atoms with van der Waals surface area (Å²) < 4.78 is 1.84. The number of hydrogen-bond donors (Lipinski definition) is 1. The molecule has 1 aromatic carbocycles. The molecule has 0 atom stereocenters. The van der Waals surface area contributed by atoms with Crippen LogP contribution < -0.4 is 5.32 Å². The van der Waals surface area contributed by atoms with Crippen LogP contribution in [0.25, 0.3) is 11.0 Å². The summed E-state index contributed by atoms with van der Waals surface area (Å²) in [6, 6.07) is 7.88. The van der Waals surface area contributed by atoms with Crippen LogP contribution in [0.1, 0.15) is 32.1 Å². The van der Waals surface area contributed by atoms with Crippen molar-refractivity contribution < 1.29 is 4.79 Å². The van der Waals surface area contributed by atoms with E-state index in [1.165, 1.54) is 12.8 Å². The fourth-order valence-corrected chi connectivity index (χ4v) is 4.13. The van der Waals surface area contributed by atoms with Gasteiger partial charge < -0.3 is 10.2 Å². The quantitative estimate of drug-likeness (QED) is 0.934. The molecule has 0 bridgehead atoms. The molecule has 1 spiro atoms. The first kappa shape index (κ1) is 15.6. The molecule has 3 heterocycles. The molecular weight excluding hydrogens is 302 g/mol. The molecule has 4 rings (SSSR count). The Morgan fingerprint density at radius 1 is 1.12 bits per heavy atom. The van der Waals surface area contributed by atoms with Gasteiger partial charge in [0.25, 0.3) is 0 Å². The number of carbonyl (C=O) groups excluding carboxylic acids is 1. The number of para-hydroxylation sites is 1. The number of benzene rings is 1. The summed E-state index contributed by atoms with van der Waals surface area (Å²) in [7, 11) is 0. The summed E-state index contributed by atoms with van der Waals surface area (Å²) in [5.41, 5.74) is 2.37. The van der Waals surface area contributed by atoms with Gasteiger partial charge in [0, 0.05) is 19.5 Å². The van der Waals surface area contributed by atoms with Crippen LogP contribution in [0.2, 0.25) is 0 Å². The number of fused-ring (bicyclic) bond motifs is 1. The van der Waals surface area contributed by atoms with E-state index in [0.29, 0.717) is 18.4 Å². The highest BCUT2D eigenvalue weighted by molar-refractivity contribution is 5.77. The minimum absolute atomic E-state index is 0.248. The molecule has 2 aliphatic rings. The monoisotopic (exact) mass is 327 g/mol. The number of carbonyl (C=O) groups is 1. The van der Waals surface area contributed by atoms with Crippen LogP contribution >= 0.6 is 0 Å². The van der Waals surface area contributed by atoms with Gasteiger partial charge in [0.1, 0.15) is 5.52 Å². The highest BCUT2D eigenvalue weighted by atomic mass is 16.2. The molecule has 2 aromatic rings. The summed E-state index contributed by atoms with van der Waals surface area (Å²) >= 11 is 0. The molecule has 6 heteroatoms. The van der Waals surface area contributed by atoms with Crippen molar-refractivity contribution in [1.29, 1.82) is 0 Å². The molecule has 1 aromatic heterocycles. The molecule has 0 radical (unpaired) electrons. The number of aryl methyl sites for hydroxylation is 1. The van der Waals surface area contributed by atoms with Crippen LogP contribution in [-0.2, 0) is 11.3 Å². The second-order valence-electron chi connectivity index (χ2n) is 7.18. The van der Waals surface area contributed by atoms with Crippen molar-refractivity contribution in [2.45, 2.75) is 38.6 Å². The molecule has 24 heavy (non-hydrogen) atoms. The van der Waals surface area contributed by atoms with Crippen molar-refractivity contribution in [3.63, 3.8) is 0 Å². The van der Waals surface area contributed by atoms with Crippen molar-refractivity contribution in [2.24, 2.45) is 5.41 Å². The number of aromatic nitrogens is 3. The summed E-state index contributed by atoms with van der Waals surface area (Å²) in [6.45, 7) is 4.69. The molecule has 1 amide bonds. The average Bonchev–Trinajstić information content (AvgIpc) is 3.04. The lowest BCUT2D eigenvalue weighted by atomic mass is 9.71. The van der Waals surface area contributed by atoms with Gasteiger partial charge in [-0.25, -0.2) is 4.68 Å². The Balaban J connectivity index is 1.32. The van der Waals surface area contributed by atoms with E-state index in [0.717, 1.165) is 50.1 Å². The molecule has 0 aliphatic carbocycles. The highest BCUT2D eigenvalue weighted by Gasteiger charge is 2.36. The second-order valence-corrected chi connectivity index (χ2v) is 7.18. The van der Waals surface area contributed by atoms with Crippen molar-refractivity contribution in [1.82, 2.24) is 25.2 Å². The number of amides is 1. The normalized spacial score (nSPS) is 20.6. The summed E-state index contributed by atoms with van der Waals surface area (Å²) in [6.07, 6.45) is 5.35. The van der Waals surface area contributed by atoms with E-state index >= 15 is 0 Å². The Hall–Kier alpha value is -1.95. The van der Waals surface area contributed by atoms with Crippen molar-refractivity contribution in [3.8, 4) is 0 Å². The Bertz CT molecular complexity index is 709. The molecule has 2 saturated heterocycles. The smallest absolute Gasteiger partial charge is 0.224 e. The lowest BCUT2D eigenvalue weighted by Crippen LogP contribution is -2.47. The Kier molecular flexibility index (Phi) is 4.22. The molecular formula is C18H25N5O. The van der Waals surface area contributed by atoms with Crippen LogP contribution in [0.5, 0.6) is 0 Å². The minimum atomic E-state index is 0.248. The molecule has 128 valence electrons. The Morgan fingerprint density at radius 2 is 1.88 bits per heavy atom. The van der Waals surface area contributed by atoms with E-state index in [-0.39, 0.29) is 5.91 Å². The van der Waals surface area contributed by atoms with Gasteiger partial charge in [-0.3, -0.25) is 4.79 Å². The zero-order valence-corrected chi connectivity index (χ0v) is 14.1. The van der Waals surface area contributed by atoms with Crippen molar-refractivity contribution >= 4 is 16.9 Å². The molecule has 2 fully saturated rings. The predicted molar refractivity (Wildman–Crippen MR) is 92.5 cm³/mol. The zero-order valence-electron chi connectivity index (χ0n) is 14.1. The topological polar surface area (TPSA) is 63.1 Å². The molecule has 1 N–H and O–H groups in total.